The van der Waals surface area contributed by atoms with Crippen molar-refractivity contribution < 1.29 is 13.9 Å². The summed E-state index contributed by atoms with van der Waals surface area (Å²) in [4.78, 5) is 16.6. The fraction of sp³-hybridized carbons (Fsp3) is 0.111. The summed E-state index contributed by atoms with van der Waals surface area (Å²) < 4.78 is 19.5. The molecule has 0 spiro atoms. The van der Waals surface area contributed by atoms with Gasteiger partial charge in [0.25, 0.3) is 0 Å². The molecule has 0 saturated carbocycles. The lowest BCUT2D eigenvalue weighted by atomic mass is 9.96. The van der Waals surface area contributed by atoms with Gasteiger partial charge in [-0.1, -0.05) is 41.4 Å². The van der Waals surface area contributed by atoms with Crippen molar-refractivity contribution in [3.05, 3.63) is 64.0 Å². The van der Waals surface area contributed by atoms with Crippen LogP contribution in [-0.4, -0.2) is 17.6 Å². The Bertz CT molecular complexity index is 944. The minimum absolute atomic E-state index is 0.0263. The van der Waals surface area contributed by atoms with E-state index in [1.165, 1.54) is 6.07 Å². The Kier molecular flexibility index (Phi) is 4.69. The lowest BCUT2D eigenvalue weighted by molar-refractivity contribution is 0.0527. The minimum Gasteiger partial charge on any atom is -0.462 e. The Morgan fingerprint density at radius 1 is 1.21 bits per heavy atom. The summed E-state index contributed by atoms with van der Waals surface area (Å²) in [5, 5.41) is 0.931. The van der Waals surface area contributed by atoms with Crippen LogP contribution in [0, 0.1) is 5.82 Å². The first-order valence-electron chi connectivity index (χ1n) is 7.23. The zero-order valence-electron chi connectivity index (χ0n) is 12.6. The molecule has 0 aliphatic heterocycles. The highest BCUT2D eigenvalue weighted by Crippen LogP contribution is 2.37. The van der Waals surface area contributed by atoms with Crippen LogP contribution in [0.1, 0.15) is 17.3 Å². The molecule has 2 aromatic carbocycles. The molecule has 1 heterocycles. The van der Waals surface area contributed by atoms with Crippen LogP contribution in [-0.2, 0) is 4.74 Å². The summed E-state index contributed by atoms with van der Waals surface area (Å²) in [5.74, 6) is -1.14. The molecular formula is C18H12Cl2FNO2. The lowest BCUT2D eigenvalue weighted by Crippen LogP contribution is -2.09. The lowest BCUT2D eigenvalue weighted by Gasteiger charge is -2.14. The Morgan fingerprint density at radius 2 is 1.96 bits per heavy atom. The molecule has 0 radical (unpaired) electrons. The minimum atomic E-state index is -0.657. The third-order valence-corrected chi connectivity index (χ3v) is 4.03. The molecule has 0 amide bonds. The van der Waals surface area contributed by atoms with Gasteiger partial charge in [0.1, 0.15) is 16.5 Å². The number of carbonyl (C=O) groups is 1. The molecule has 0 aliphatic rings. The number of rotatable bonds is 3. The highest BCUT2D eigenvalue weighted by atomic mass is 35.5. The second-order valence-electron chi connectivity index (χ2n) is 5.01. The summed E-state index contributed by atoms with van der Waals surface area (Å²) in [6.45, 7) is 1.85. The molecule has 0 atom stereocenters. The van der Waals surface area contributed by atoms with Crippen LogP contribution in [0.15, 0.2) is 42.5 Å². The normalized spacial score (nSPS) is 10.8. The molecule has 0 aliphatic carbocycles. The molecule has 0 N–H and O–H groups in total. The van der Waals surface area contributed by atoms with E-state index in [4.69, 9.17) is 27.9 Å². The fourth-order valence-electron chi connectivity index (χ4n) is 2.54. The second-order valence-corrected chi connectivity index (χ2v) is 5.81. The maximum atomic E-state index is 14.4. The molecule has 3 aromatic rings. The maximum absolute atomic E-state index is 14.4. The highest BCUT2D eigenvalue weighted by molar-refractivity contribution is 6.35. The van der Waals surface area contributed by atoms with Crippen LogP contribution < -0.4 is 0 Å². The van der Waals surface area contributed by atoms with Crippen LogP contribution in [0.25, 0.3) is 22.0 Å². The quantitative estimate of drug-likeness (QED) is 0.454. The van der Waals surface area contributed by atoms with Crippen molar-refractivity contribution in [2.24, 2.45) is 0 Å². The van der Waals surface area contributed by atoms with Crippen LogP contribution >= 0.6 is 23.2 Å². The smallest absolute Gasteiger partial charge is 0.341 e. The van der Waals surface area contributed by atoms with Gasteiger partial charge in [0, 0.05) is 21.5 Å². The van der Waals surface area contributed by atoms with Crippen molar-refractivity contribution in [3.8, 4) is 11.1 Å². The van der Waals surface area contributed by atoms with Crippen molar-refractivity contribution in [3.63, 3.8) is 0 Å². The number of fused-ring (bicyclic) bond motifs is 1. The molecule has 1 aromatic heterocycles. The largest absolute Gasteiger partial charge is 0.462 e. The number of carbonyl (C=O) groups excluding carboxylic acids is 1. The van der Waals surface area contributed by atoms with Crippen LogP contribution in [0.3, 0.4) is 0 Å². The summed E-state index contributed by atoms with van der Waals surface area (Å²) in [6, 6.07) is 11.1. The Morgan fingerprint density at radius 3 is 2.67 bits per heavy atom. The van der Waals surface area contributed by atoms with Gasteiger partial charge in [0.15, 0.2) is 0 Å². The van der Waals surface area contributed by atoms with Gasteiger partial charge in [-0.25, -0.2) is 14.2 Å². The average Bonchev–Trinajstić information content (AvgIpc) is 2.55. The third kappa shape index (κ3) is 2.95. The SMILES string of the molecule is CCOC(=O)c1c(Cl)nc2ccc(Cl)cc2c1-c1ccccc1F. The van der Waals surface area contributed by atoms with Gasteiger partial charge in [-0.2, -0.15) is 0 Å². The number of ether oxygens (including phenoxy) is 1. The summed E-state index contributed by atoms with van der Waals surface area (Å²) >= 11 is 12.3. The van der Waals surface area contributed by atoms with Crippen molar-refractivity contribution in [2.75, 3.05) is 6.61 Å². The predicted molar refractivity (Wildman–Crippen MR) is 93.1 cm³/mol. The molecule has 122 valence electrons. The predicted octanol–water partition coefficient (Wildman–Crippen LogP) is 5.52. The van der Waals surface area contributed by atoms with Gasteiger partial charge in [-0.05, 0) is 31.2 Å². The number of hydrogen-bond acceptors (Lipinski definition) is 3. The van der Waals surface area contributed by atoms with Gasteiger partial charge in [-0.15, -0.1) is 0 Å². The van der Waals surface area contributed by atoms with Gasteiger partial charge >= 0.3 is 5.97 Å². The van der Waals surface area contributed by atoms with E-state index in [-0.39, 0.29) is 22.9 Å². The van der Waals surface area contributed by atoms with Gasteiger partial charge in [0.05, 0.1) is 12.1 Å². The van der Waals surface area contributed by atoms with E-state index in [1.807, 2.05) is 0 Å². The topological polar surface area (TPSA) is 39.2 Å². The number of benzene rings is 2. The second kappa shape index (κ2) is 6.75. The molecule has 0 bridgehead atoms. The first-order chi connectivity index (χ1) is 11.5. The molecule has 0 fully saturated rings. The van der Waals surface area contributed by atoms with Gasteiger partial charge in [-0.3, -0.25) is 0 Å². The maximum Gasteiger partial charge on any atom is 0.341 e. The van der Waals surface area contributed by atoms with E-state index in [2.05, 4.69) is 4.98 Å². The Hall–Kier alpha value is -2.17. The summed E-state index contributed by atoms with van der Waals surface area (Å²) in [5.41, 5.74) is 1.09. The van der Waals surface area contributed by atoms with E-state index in [1.54, 1.807) is 43.3 Å². The molecule has 6 heteroatoms. The standard InChI is InChI=1S/C18H12Cl2FNO2/c1-2-24-18(23)16-15(11-5-3-4-6-13(11)21)12-9-10(19)7-8-14(12)22-17(16)20/h3-9H,2H2,1H3. The molecule has 3 nitrogen and oxygen atoms in total. The first kappa shape index (κ1) is 16.7. The molecule has 3 rings (SSSR count). The van der Waals surface area contributed by atoms with Crippen molar-refractivity contribution in [1.82, 2.24) is 4.98 Å². The number of aromatic nitrogens is 1. The molecule has 24 heavy (non-hydrogen) atoms. The highest BCUT2D eigenvalue weighted by Gasteiger charge is 2.24. The Labute approximate surface area is 148 Å². The first-order valence-corrected chi connectivity index (χ1v) is 7.99. The molecule has 0 unspecified atom stereocenters. The number of esters is 1. The monoisotopic (exact) mass is 363 g/mol. The Balaban J connectivity index is 2.45. The summed E-state index contributed by atoms with van der Waals surface area (Å²) in [7, 11) is 0. The van der Waals surface area contributed by atoms with E-state index in [9.17, 15) is 9.18 Å². The third-order valence-electron chi connectivity index (χ3n) is 3.53. The van der Waals surface area contributed by atoms with E-state index < -0.39 is 11.8 Å². The van der Waals surface area contributed by atoms with Crippen molar-refractivity contribution in [1.29, 1.82) is 0 Å². The van der Waals surface area contributed by atoms with Gasteiger partial charge < -0.3 is 4.74 Å². The van der Waals surface area contributed by atoms with E-state index >= 15 is 0 Å². The zero-order chi connectivity index (χ0) is 17.3. The molecule has 0 saturated heterocycles. The number of nitrogens with zero attached hydrogens (tertiary/aromatic N) is 1. The number of pyridine rings is 1. The van der Waals surface area contributed by atoms with Crippen LogP contribution in [0.5, 0.6) is 0 Å². The number of halogens is 3. The fourth-order valence-corrected chi connectivity index (χ4v) is 2.97. The average molecular weight is 364 g/mol. The molecular weight excluding hydrogens is 352 g/mol. The van der Waals surface area contributed by atoms with E-state index in [0.717, 1.165) is 0 Å². The van der Waals surface area contributed by atoms with Crippen molar-refractivity contribution >= 4 is 40.1 Å². The summed E-state index contributed by atoms with van der Waals surface area (Å²) in [6.07, 6.45) is 0. The zero-order valence-corrected chi connectivity index (χ0v) is 14.2. The van der Waals surface area contributed by atoms with Crippen LogP contribution in [0.4, 0.5) is 4.39 Å². The van der Waals surface area contributed by atoms with E-state index in [0.29, 0.717) is 21.5 Å². The van der Waals surface area contributed by atoms with Crippen LogP contribution in [0.2, 0.25) is 10.2 Å². The van der Waals surface area contributed by atoms with Crippen molar-refractivity contribution in [2.45, 2.75) is 6.92 Å². The number of hydrogen-bond donors (Lipinski definition) is 0. The van der Waals surface area contributed by atoms with Gasteiger partial charge in [0.2, 0.25) is 0 Å².